The van der Waals surface area contributed by atoms with E-state index in [1.165, 1.54) is 0 Å². The Kier molecular flexibility index (Phi) is 6.02. The molecule has 0 spiro atoms. The SMILES string of the molecule is CN=C(NCCOc1ccccc1C)NCc1nc(C)c(C)o1. The number of oxazole rings is 1. The van der Waals surface area contributed by atoms with Crippen molar-refractivity contribution in [2.75, 3.05) is 20.2 Å². The van der Waals surface area contributed by atoms with E-state index >= 15 is 0 Å². The van der Waals surface area contributed by atoms with Crippen LogP contribution in [0, 0.1) is 20.8 Å². The average Bonchev–Trinajstić information content (AvgIpc) is 2.86. The molecule has 23 heavy (non-hydrogen) atoms. The van der Waals surface area contributed by atoms with Crippen LogP contribution in [0.15, 0.2) is 33.7 Å². The number of ether oxygens (including phenoxy) is 1. The molecule has 6 heteroatoms. The smallest absolute Gasteiger partial charge is 0.214 e. The molecular formula is C17H24N4O2. The monoisotopic (exact) mass is 316 g/mol. The highest BCUT2D eigenvalue weighted by atomic mass is 16.5. The maximum atomic E-state index is 5.74. The molecular weight excluding hydrogens is 292 g/mol. The maximum Gasteiger partial charge on any atom is 0.214 e. The minimum atomic E-state index is 0.493. The Labute approximate surface area is 137 Å². The van der Waals surface area contributed by atoms with Crippen molar-refractivity contribution in [2.45, 2.75) is 27.3 Å². The molecule has 0 aliphatic carbocycles. The molecule has 6 nitrogen and oxygen atoms in total. The van der Waals surface area contributed by atoms with Crippen LogP contribution >= 0.6 is 0 Å². The number of nitrogens with one attached hydrogen (secondary N) is 2. The Bertz CT molecular complexity index is 645. The molecule has 0 radical (unpaired) electrons. The quantitative estimate of drug-likeness (QED) is 0.486. The lowest BCUT2D eigenvalue weighted by Gasteiger charge is -2.12. The molecule has 0 fully saturated rings. The van der Waals surface area contributed by atoms with Crippen LogP contribution in [0.1, 0.15) is 22.9 Å². The van der Waals surface area contributed by atoms with Crippen molar-refractivity contribution in [3.05, 3.63) is 47.2 Å². The van der Waals surface area contributed by atoms with E-state index in [1.54, 1.807) is 7.05 Å². The average molecular weight is 316 g/mol. The van der Waals surface area contributed by atoms with E-state index < -0.39 is 0 Å². The van der Waals surface area contributed by atoms with Gasteiger partial charge in [-0.15, -0.1) is 0 Å². The summed E-state index contributed by atoms with van der Waals surface area (Å²) in [5.74, 6) is 3.09. The van der Waals surface area contributed by atoms with E-state index in [4.69, 9.17) is 9.15 Å². The van der Waals surface area contributed by atoms with Crippen LogP contribution in [0.3, 0.4) is 0 Å². The second kappa shape index (κ2) is 8.22. The van der Waals surface area contributed by atoms with Gasteiger partial charge in [0.2, 0.25) is 5.89 Å². The number of guanidine groups is 1. The van der Waals surface area contributed by atoms with Crippen molar-refractivity contribution in [3.8, 4) is 5.75 Å². The van der Waals surface area contributed by atoms with Gasteiger partial charge in [0.15, 0.2) is 5.96 Å². The zero-order chi connectivity index (χ0) is 16.7. The zero-order valence-corrected chi connectivity index (χ0v) is 14.1. The largest absolute Gasteiger partial charge is 0.491 e. The normalized spacial score (nSPS) is 11.4. The summed E-state index contributed by atoms with van der Waals surface area (Å²) in [7, 11) is 1.73. The highest BCUT2D eigenvalue weighted by molar-refractivity contribution is 5.79. The summed E-state index contributed by atoms with van der Waals surface area (Å²) in [4.78, 5) is 8.49. The van der Waals surface area contributed by atoms with Gasteiger partial charge in [0, 0.05) is 7.05 Å². The van der Waals surface area contributed by atoms with Crippen LogP contribution in [0.5, 0.6) is 5.75 Å². The molecule has 0 saturated carbocycles. The van der Waals surface area contributed by atoms with Crippen LogP contribution in [0.2, 0.25) is 0 Å². The Hall–Kier alpha value is -2.50. The molecule has 2 N–H and O–H groups in total. The standard InChI is InChI=1S/C17H24N4O2/c1-12-7-5-6-8-15(12)22-10-9-19-17(18-4)20-11-16-21-13(2)14(3)23-16/h5-8H,9-11H2,1-4H3,(H2,18,19,20). The maximum absolute atomic E-state index is 5.74. The van der Waals surface area contributed by atoms with Gasteiger partial charge in [0.05, 0.1) is 18.8 Å². The number of nitrogens with zero attached hydrogens (tertiary/aromatic N) is 2. The van der Waals surface area contributed by atoms with Gasteiger partial charge >= 0.3 is 0 Å². The van der Waals surface area contributed by atoms with Crippen molar-refractivity contribution >= 4 is 5.96 Å². The minimum Gasteiger partial charge on any atom is -0.491 e. The number of rotatable bonds is 6. The third-order valence-electron chi connectivity index (χ3n) is 3.45. The number of benzene rings is 1. The molecule has 2 rings (SSSR count). The fraction of sp³-hybridized carbons (Fsp3) is 0.412. The van der Waals surface area contributed by atoms with E-state index in [0.29, 0.717) is 31.5 Å². The molecule has 2 aromatic rings. The van der Waals surface area contributed by atoms with Gasteiger partial charge in [0.1, 0.15) is 18.1 Å². The third-order valence-corrected chi connectivity index (χ3v) is 3.45. The Balaban J connectivity index is 1.72. The fourth-order valence-corrected chi connectivity index (χ4v) is 2.04. The summed E-state index contributed by atoms with van der Waals surface area (Å²) < 4.78 is 11.3. The lowest BCUT2D eigenvalue weighted by Crippen LogP contribution is -2.39. The van der Waals surface area contributed by atoms with Crippen molar-refractivity contribution in [1.29, 1.82) is 0 Å². The van der Waals surface area contributed by atoms with Gasteiger partial charge in [-0.25, -0.2) is 4.98 Å². The first-order chi connectivity index (χ1) is 11.1. The van der Waals surface area contributed by atoms with Gasteiger partial charge in [-0.1, -0.05) is 18.2 Å². The van der Waals surface area contributed by atoms with Crippen LogP contribution in [-0.2, 0) is 6.54 Å². The number of para-hydroxylation sites is 1. The summed E-state index contributed by atoms with van der Waals surface area (Å²) in [5.41, 5.74) is 2.04. The molecule has 0 aliphatic rings. The molecule has 0 aliphatic heterocycles. The topological polar surface area (TPSA) is 71.7 Å². The number of aliphatic imine (C=N–C) groups is 1. The molecule has 0 atom stereocenters. The first kappa shape index (κ1) is 16.9. The Morgan fingerprint density at radius 2 is 2.00 bits per heavy atom. The molecule has 0 amide bonds. The fourth-order valence-electron chi connectivity index (χ4n) is 2.04. The molecule has 1 heterocycles. The van der Waals surface area contributed by atoms with Crippen molar-refractivity contribution < 1.29 is 9.15 Å². The van der Waals surface area contributed by atoms with Crippen LogP contribution in [0.4, 0.5) is 0 Å². The summed E-state index contributed by atoms with van der Waals surface area (Å²) in [5, 5.41) is 6.36. The van der Waals surface area contributed by atoms with Crippen molar-refractivity contribution in [3.63, 3.8) is 0 Å². The van der Waals surface area contributed by atoms with Gasteiger partial charge in [-0.3, -0.25) is 4.99 Å². The number of aryl methyl sites for hydroxylation is 3. The third kappa shape index (κ3) is 5.02. The Morgan fingerprint density at radius 1 is 1.22 bits per heavy atom. The lowest BCUT2D eigenvalue weighted by atomic mass is 10.2. The van der Waals surface area contributed by atoms with E-state index in [1.807, 2.05) is 45.0 Å². The Morgan fingerprint density at radius 3 is 2.65 bits per heavy atom. The molecule has 0 saturated heterocycles. The van der Waals surface area contributed by atoms with E-state index in [2.05, 4.69) is 20.6 Å². The molecule has 124 valence electrons. The zero-order valence-electron chi connectivity index (χ0n) is 14.1. The molecule has 0 unspecified atom stereocenters. The van der Waals surface area contributed by atoms with E-state index in [-0.39, 0.29) is 0 Å². The van der Waals surface area contributed by atoms with Gasteiger partial charge in [-0.2, -0.15) is 0 Å². The van der Waals surface area contributed by atoms with Gasteiger partial charge < -0.3 is 19.8 Å². The summed E-state index contributed by atoms with van der Waals surface area (Å²) in [6.45, 7) is 7.57. The number of aromatic nitrogens is 1. The van der Waals surface area contributed by atoms with Crippen molar-refractivity contribution in [1.82, 2.24) is 15.6 Å². The van der Waals surface area contributed by atoms with E-state index in [9.17, 15) is 0 Å². The first-order valence-corrected chi connectivity index (χ1v) is 7.66. The van der Waals surface area contributed by atoms with Crippen LogP contribution in [0.25, 0.3) is 0 Å². The second-order valence-corrected chi connectivity index (χ2v) is 5.22. The second-order valence-electron chi connectivity index (χ2n) is 5.22. The molecule has 0 bridgehead atoms. The first-order valence-electron chi connectivity index (χ1n) is 7.66. The predicted octanol–water partition coefficient (Wildman–Crippen LogP) is 2.34. The molecule has 1 aromatic heterocycles. The van der Waals surface area contributed by atoms with Crippen molar-refractivity contribution in [2.24, 2.45) is 4.99 Å². The van der Waals surface area contributed by atoms with Gasteiger partial charge in [-0.05, 0) is 32.4 Å². The van der Waals surface area contributed by atoms with E-state index in [0.717, 1.165) is 22.8 Å². The summed E-state index contributed by atoms with van der Waals surface area (Å²) in [6, 6.07) is 7.97. The number of hydrogen-bond acceptors (Lipinski definition) is 4. The minimum absolute atomic E-state index is 0.493. The molecule has 1 aromatic carbocycles. The summed E-state index contributed by atoms with van der Waals surface area (Å²) in [6.07, 6.45) is 0. The number of hydrogen-bond donors (Lipinski definition) is 2. The predicted molar refractivity (Wildman–Crippen MR) is 90.9 cm³/mol. The highest BCUT2D eigenvalue weighted by Gasteiger charge is 2.06. The van der Waals surface area contributed by atoms with Crippen LogP contribution < -0.4 is 15.4 Å². The highest BCUT2D eigenvalue weighted by Crippen LogP contribution is 2.15. The lowest BCUT2D eigenvalue weighted by molar-refractivity contribution is 0.319. The van der Waals surface area contributed by atoms with Gasteiger partial charge in [0.25, 0.3) is 0 Å². The van der Waals surface area contributed by atoms with Crippen LogP contribution in [-0.4, -0.2) is 31.1 Å². The summed E-state index contributed by atoms with van der Waals surface area (Å²) >= 11 is 0.